The van der Waals surface area contributed by atoms with Crippen LogP contribution in [0.3, 0.4) is 0 Å². The van der Waals surface area contributed by atoms with Crippen molar-refractivity contribution >= 4 is 23.6 Å². The van der Waals surface area contributed by atoms with Gasteiger partial charge in [-0.3, -0.25) is 24.3 Å². The lowest BCUT2D eigenvalue weighted by molar-refractivity contribution is -0.267. The number of amides is 1. The smallest absolute Gasteiger partial charge is 0.411 e. The van der Waals surface area contributed by atoms with Gasteiger partial charge in [-0.1, -0.05) is 61.5 Å². The lowest BCUT2D eigenvalue weighted by Crippen LogP contribution is -2.59. The summed E-state index contributed by atoms with van der Waals surface area (Å²) in [6.45, 7) is 22.2. The van der Waals surface area contributed by atoms with E-state index in [0.29, 0.717) is 31.8 Å². The Kier molecular flexibility index (Phi) is 14.2. The number of allylic oxidation sites excluding steroid dienone is 1. The molecule has 5 rings (SSSR count). The first-order chi connectivity index (χ1) is 26.9. The van der Waals surface area contributed by atoms with E-state index in [-0.39, 0.29) is 30.0 Å². The summed E-state index contributed by atoms with van der Waals surface area (Å²) in [7, 11) is 0. The quantitative estimate of drug-likeness (QED) is 0.100. The van der Waals surface area contributed by atoms with Gasteiger partial charge in [-0.05, 0) is 82.4 Å². The van der Waals surface area contributed by atoms with Gasteiger partial charge in [-0.15, -0.1) is 0 Å². The minimum atomic E-state index is -1.46. The van der Waals surface area contributed by atoms with Gasteiger partial charge in [-0.25, -0.2) is 9.78 Å². The monoisotopic (exact) mass is 790 g/mol. The molecule has 3 aliphatic heterocycles. The number of unbranched alkanes of at least 4 members (excludes halogenated alkanes) is 1. The molecule has 12 heteroatoms. The van der Waals surface area contributed by atoms with Crippen molar-refractivity contribution < 1.29 is 38.1 Å². The molecule has 0 saturated carbocycles. The predicted molar refractivity (Wildman–Crippen MR) is 217 cm³/mol. The number of aromatic nitrogens is 3. The normalized spacial score (nSPS) is 35.5. The highest BCUT2D eigenvalue weighted by atomic mass is 16.7. The topological polar surface area (TPSA) is 139 Å². The summed E-state index contributed by atoms with van der Waals surface area (Å²) in [4.78, 5) is 67.6. The van der Waals surface area contributed by atoms with Crippen LogP contribution < -0.4 is 0 Å². The summed E-state index contributed by atoms with van der Waals surface area (Å²) in [6.07, 6.45) is 11.0. The first-order valence-corrected chi connectivity index (χ1v) is 21.1. The highest BCUT2D eigenvalue weighted by Gasteiger charge is 2.61. The third-order valence-corrected chi connectivity index (χ3v) is 12.9. The zero-order chi connectivity index (χ0) is 41.8. The number of fused-ring (bicyclic) bond motifs is 1. The van der Waals surface area contributed by atoms with Crippen molar-refractivity contribution in [3.63, 3.8) is 0 Å². The molecule has 0 spiro atoms. The minimum absolute atomic E-state index is 0.0112. The molecule has 2 aromatic heterocycles. The minimum Gasteiger partial charge on any atom is -0.457 e. The fourth-order valence-corrected chi connectivity index (χ4v) is 9.70. The van der Waals surface area contributed by atoms with Crippen LogP contribution in [-0.2, 0) is 39.9 Å². The number of aryl methyl sites for hydroxylation is 1. The molecule has 0 bridgehead atoms. The van der Waals surface area contributed by atoms with Crippen molar-refractivity contribution in [1.29, 1.82) is 0 Å². The zero-order valence-electron chi connectivity index (χ0n) is 36.0. The van der Waals surface area contributed by atoms with E-state index in [2.05, 4.69) is 23.8 Å². The van der Waals surface area contributed by atoms with Gasteiger partial charge in [0, 0.05) is 60.9 Å². The van der Waals surface area contributed by atoms with Gasteiger partial charge < -0.3 is 23.5 Å². The summed E-state index contributed by atoms with van der Waals surface area (Å²) >= 11 is 0. The lowest BCUT2D eigenvalue weighted by atomic mass is 9.69. The van der Waals surface area contributed by atoms with Crippen LogP contribution in [0, 0.1) is 40.9 Å². The van der Waals surface area contributed by atoms with E-state index in [0.717, 1.165) is 24.1 Å². The molecule has 57 heavy (non-hydrogen) atoms. The summed E-state index contributed by atoms with van der Waals surface area (Å²) in [5.41, 5.74) is -0.393. The maximum Gasteiger partial charge on any atom is 0.411 e. The molecule has 314 valence electrons. The number of ketones is 2. The highest BCUT2D eigenvalue weighted by Crippen LogP contribution is 2.45. The summed E-state index contributed by atoms with van der Waals surface area (Å²) in [6, 6.07) is 3.06. The predicted octanol–water partition coefficient (Wildman–Crippen LogP) is 8.09. The third-order valence-electron chi connectivity index (χ3n) is 12.9. The van der Waals surface area contributed by atoms with Gasteiger partial charge in [0.2, 0.25) is 0 Å². The Morgan fingerprint density at radius 2 is 1.70 bits per heavy atom. The molecule has 2 aromatic rings. The molecule has 5 heterocycles. The van der Waals surface area contributed by atoms with E-state index in [9.17, 15) is 19.2 Å². The van der Waals surface area contributed by atoms with Crippen molar-refractivity contribution in [2.45, 2.75) is 151 Å². The van der Waals surface area contributed by atoms with Crippen molar-refractivity contribution in [2.24, 2.45) is 40.9 Å². The van der Waals surface area contributed by atoms with Gasteiger partial charge in [-0.2, -0.15) is 0 Å². The standard InChI is InChI=1S/C45H66N4O8/c1-12-18-45-36(13-2)55-41(52)33(9)38(51)32(8)40(56-42-30(6)27(3)22-29(5)54-42)44(10,11)23-28(4)37(50)31(7)39(45)49(43(53)57-45)21-15-14-20-48-25-35(47-26-48)34-17-16-19-46-24-34/h12,16-19,24-33,36,39-40,42H,13-15,20-23H2,1-11H3/b18-12-/t27-,28+,29+,30+,31-,32-,33+,36+,39+,40+,42-,45+/m0/s1. The van der Waals surface area contributed by atoms with Gasteiger partial charge in [0.1, 0.15) is 17.8 Å². The van der Waals surface area contributed by atoms with Crippen LogP contribution in [0.25, 0.3) is 11.3 Å². The second-order valence-corrected chi connectivity index (χ2v) is 17.8. The molecule has 0 aliphatic carbocycles. The molecule has 3 saturated heterocycles. The second kappa shape index (κ2) is 18.4. The number of ether oxygens (including phenoxy) is 4. The number of pyridine rings is 1. The number of hydrogen-bond acceptors (Lipinski definition) is 10. The second-order valence-electron chi connectivity index (χ2n) is 17.8. The lowest BCUT2D eigenvalue weighted by Gasteiger charge is -2.46. The number of nitrogens with zero attached hydrogens (tertiary/aromatic N) is 4. The van der Waals surface area contributed by atoms with Gasteiger partial charge in [0.25, 0.3) is 0 Å². The molecule has 1 amide bonds. The van der Waals surface area contributed by atoms with Crippen molar-refractivity contribution in [2.75, 3.05) is 6.54 Å². The molecule has 3 aliphatic rings. The Balaban J connectivity index is 1.46. The van der Waals surface area contributed by atoms with Gasteiger partial charge in [0.05, 0.1) is 30.3 Å². The number of esters is 1. The van der Waals surface area contributed by atoms with E-state index in [1.807, 2.05) is 71.4 Å². The molecule has 3 fully saturated rings. The van der Waals surface area contributed by atoms with E-state index >= 15 is 0 Å². The maximum absolute atomic E-state index is 14.8. The fraction of sp³-hybridized carbons (Fsp3) is 0.689. The van der Waals surface area contributed by atoms with Gasteiger partial charge in [0.15, 0.2) is 17.7 Å². The molecule has 0 aromatic carbocycles. The van der Waals surface area contributed by atoms with Crippen LogP contribution in [0.4, 0.5) is 4.79 Å². The Morgan fingerprint density at radius 3 is 2.37 bits per heavy atom. The molecular formula is C45H66N4O8. The maximum atomic E-state index is 14.8. The van der Waals surface area contributed by atoms with Crippen LogP contribution in [0.5, 0.6) is 0 Å². The van der Waals surface area contributed by atoms with E-state index in [1.54, 1.807) is 49.6 Å². The van der Waals surface area contributed by atoms with Crippen LogP contribution >= 0.6 is 0 Å². The number of imidazole rings is 1. The van der Waals surface area contributed by atoms with Crippen molar-refractivity contribution in [3.8, 4) is 11.3 Å². The summed E-state index contributed by atoms with van der Waals surface area (Å²) in [5, 5.41) is 0. The third kappa shape index (κ3) is 9.38. The average molecular weight is 791 g/mol. The summed E-state index contributed by atoms with van der Waals surface area (Å²) in [5.74, 6) is -3.62. The van der Waals surface area contributed by atoms with Crippen LogP contribution in [0.15, 0.2) is 49.2 Å². The number of carbonyl (C=O) groups is 4. The van der Waals surface area contributed by atoms with Crippen molar-refractivity contribution in [3.05, 3.63) is 49.2 Å². The Morgan fingerprint density at radius 1 is 0.982 bits per heavy atom. The number of Topliss-reactive ketones (excluding diaryl/α,β-unsaturated/α-hetero) is 2. The van der Waals surface area contributed by atoms with Crippen molar-refractivity contribution in [1.82, 2.24) is 19.4 Å². The zero-order valence-corrected chi connectivity index (χ0v) is 36.0. The Hall–Kier alpha value is -3.90. The number of hydrogen-bond donors (Lipinski definition) is 0. The van der Waals surface area contributed by atoms with Crippen LogP contribution in [0.1, 0.15) is 108 Å². The number of cyclic esters (lactones) is 1. The highest BCUT2D eigenvalue weighted by molar-refractivity contribution is 6.00. The molecule has 12 atom stereocenters. The molecular weight excluding hydrogens is 725 g/mol. The molecule has 12 nitrogen and oxygen atoms in total. The van der Waals surface area contributed by atoms with Crippen LogP contribution in [-0.4, -0.2) is 85.9 Å². The van der Waals surface area contributed by atoms with Gasteiger partial charge >= 0.3 is 12.1 Å². The molecule has 0 unspecified atom stereocenters. The Bertz CT molecular complexity index is 1740. The largest absolute Gasteiger partial charge is 0.457 e. The average Bonchev–Trinajstić information content (AvgIpc) is 3.76. The Labute approximate surface area is 339 Å². The first kappa shape index (κ1) is 44.2. The van der Waals surface area contributed by atoms with E-state index in [4.69, 9.17) is 18.9 Å². The van der Waals surface area contributed by atoms with Crippen LogP contribution in [0.2, 0.25) is 0 Å². The fourth-order valence-electron chi connectivity index (χ4n) is 9.70. The van der Waals surface area contributed by atoms with E-state index in [1.165, 1.54) is 0 Å². The number of carbonyl (C=O) groups excluding carboxylic acids is 4. The molecule has 0 N–H and O–H groups in total. The van der Waals surface area contributed by atoms with E-state index < -0.39 is 71.3 Å². The molecule has 0 radical (unpaired) electrons. The number of rotatable bonds is 10. The first-order valence-electron chi connectivity index (χ1n) is 21.1. The summed E-state index contributed by atoms with van der Waals surface area (Å²) < 4.78 is 27.8. The SMILES string of the molecule is C/C=C\[C@]12OC(=O)N(CCCCn3cnc(-c4cccnc4)c3)[C@@H]1[C@@H](C)C(=O)[C@H](C)CC(C)(C)[C@H](O[C@@H]1O[C@H](C)C[C@H](C)[C@H]1C)[C@@H](C)C(=O)[C@@H](C)C(=O)O[C@@H]2CC.